The molecule has 3 rings (SSSR count). The first kappa shape index (κ1) is 21.5. The Morgan fingerprint density at radius 2 is 2.07 bits per heavy atom. The van der Waals surface area contributed by atoms with Crippen LogP contribution in [0.15, 0.2) is 52.4 Å². The van der Waals surface area contributed by atoms with Crippen molar-refractivity contribution in [1.82, 2.24) is 5.32 Å². The van der Waals surface area contributed by atoms with Gasteiger partial charge in [0.15, 0.2) is 5.78 Å². The number of aliphatic imine (C=N–C) groups is 1. The van der Waals surface area contributed by atoms with E-state index in [0.29, 0.717) is 5.56 Å². The van der Waals surface area contributed by atoms with E-state index in [1.807, 2.05) is 30.3 Å². The Kier molecular flexibility index (Phi) is 8.55. The quantitative estimate of drug-likeness (QED) is 0.437. The number of methoxy groups -OCH3 is 1. The molecule has 0 saturated carbocycles. The topological polar surface area (TPSA) is 88.0 Å². The molecule has 0 fully saturated rings. The number of carboxylic acid groups (broad SMARTS) is 1. The van der Waals surface area contributed by atoms with E-state index in [1.54, 1.807) is 25.8 Å². The molecular weight excluding hydrogens is 376 g/mol. The lowest BCUT2D eigenvalue weighted by Crippen LogP contribution is -2.30. The van der Waals surface area contributed by atoms with Gasteiger partial charge < -0.3 is 15.2 Å². The van der Waals surface area contributed by atoms with E-state index in [-0.39, 0.29) is 12.3 Å². The molecule has 28 heavy (non-hydrogen) atoms. The van der Waals surface area contributed by atoms with E-state index < -0.39 is 0 Å². The van der Waals surface area contributed by atoms with E-state index in [9.17, 15) is 4.79 Å². The minimum atomic E-state index is -0.250. The SMILES string of the molecule is COc1ccc(C(C)=O)cc1CSc1ccccc1C1=NCCCN1.O=CO. The lowest BCUT2D eigenvalue weighted by Gasteiger charge is -2.17. The Morgan fingerprint density at radius 3 is 2.71 bits per heavy atom. The summed E-state index contributed by atoms with van der Waals surface area (Å²) in [4.78, 5) is 25.8. The molecule has 7 heteroatoms. The zero-order valence-corrected chi connectivity index (χ0v) is 16.8. The monoisotopic (exact) mass is 400 g/mol. The van der Waals surface area contributed by atoms with Crippen molar-refractivity contribution >= 4 is 29.9 Å². The van der Waals surface area contributed by atoms with Crippen LogP contribution in [0.1, 0.15) is 34.8 Å². The van der Waals surface area contributed by atoms with Crippen LogP contribution in [0.5, 0.6) is 5.75 Å². The Balaban J connectivity index is 0.000000878. The maximum Gasteiger partial charge on any atom is 0.290 e. The molecule has 0 bridgehead atoms. The van der Waals surface area contributed by atoms with Crippen LogP contribution in [-0.2, 0) is 10.5 Å². The molecule has 0 amide bonds. The highest BCUT2D eigenvalue weighted by Crippen LogP contribution is 2.31. The summed E-state index contributed by atoms with van der Waals surface area (Å²) >= 11 is 1.73. The number of thioether (sulfide) groups is 1. The van der Waals surface area contributed by atoms with Crippen molar-refractivity contribution in [2.24, 2.45) is 4.99 Å². The second kappa shape index (κ2) is 11.1. The molecule has 1 heterocycles. The van der Waals surface area contributed by atoms with Crippen molar-refractivity contribution in [2.45, 2.75) is 24.0 Å². The zero-order valence-electron chi connectivity index (χ0n) is 16.0. The van der Waals surface area contributed by atoms with Gasteiger partial charge in [-0.2, -0.15) is 0 Å². The summed E-state index contributed by atoms with van der Waals surface area (Å²) in [5.41, 5.74) is 2.87. The van der Waals surface area contributed by atoms with Gasteiger partial charge in [0, 0.05) is 40.4 Å². The Labute approximate surface area is 169 Å². The first-order valence-electron chi connectivity index (χ1n) is 8.87. The average Bonchev–Trinajstić information content (AvgIpc) is 2.73. The fraction of sp³-hybridized carbons (Fsp3) is 0.286. The van der Waals surface area contributed by atoms with Gasteiger partial charge >= 0.3 is 0 Å². The summed E-state index contributed by atoms with van der Waals surface area (Å²) in [5.74, 6) is 2.58. The first-order valence-corrected chi connectivity index (χ1v) is 9.85. The highest BCUT2D eigenvalue weighted by atomic mass is 32.2. The molecule has 0 radical (unpaired) electrons. The van der Waals surface area contributed by atoms with E-state index in [4.69, 9.17) is 14.6 Å². The Hall–Kier alpha value is -2.80. The van der Waals surface area contributed by atoms with Crippen molar-refractivity contribution in [1.29, 1.82) is 0 Å². The molecule has 148 valence electrons. The molecule has 0 atom stereocenters. The maximum absolute atomic E-state index is 11.7. The maximum atomic E-state index is 11.7. The molecular formula is C21H24N2O4S. The van der Waals surface area contributed by atoms with Crippen LogP contribution in [0.3, 0.4) is 0 Å². The number of rotatable bonds is 6. The predicted molar refractivity (Wildman–Crippen MR) is 112 cm³/mol. The van der Waals surface area contributed by atoms with Gasteiger partial charge in [-0.1, -0.05) is 18.2 Å². The zero-order chi connectivity index (χ0) is 20.4. The number of nitrogens with zero attached hydrogens (tertiary/aromatic N) is 1. The molecule has 0 aromatic heterocycles. The summed E-state index contributed by atoms with van der Waals surface area (Å²) in [6, 6.07) is 13.9. The number of hydrogen-bond acceptors (Lipinski definition) is 6. The lowest BCUT2D eigenvalue weighted by atomic mass is 10.1. The van der Waals surface area contributed by atoms with E-state index in [1.165, 1.54) is 4.90 Å². The summed E-state index contributed by atoms with van der Waals surface area (Å²) in [6.45, 7) is 3.17. The van der Waals surface area contributed by atoms with Crippen LogP contribution in [0.4, 0.5) is 0 Å². The smallest absolute Gasteiger partial charge is 0.290 e. The fourth-order valence-electron chi connectivity index (χ4n) is 2.77. The molecule has 6 nitrogen and oxygen atoms in total. The van der Waals surface area contributed by atoms with Gasteiger partial charge in [-0.15, -0.1) is 11.8 Å². The normalized spacial score (nSPS) is 12.7. The molecule has 0 saturated heterocycles. The molecule has 0 spiro atoms. The van der Waals surface area contributed by atoms with Crippen LogP contribution < -0.4 is 10.1 Å². The Morgan fingerprint density at radius 1 is 1.32 bits per heavy atom. The number of carbonyl (C=O) groups is 2. The standard InChI is InChI=1S/C20H22N2O2S.CH2O2/c1-14(23)15-8-9-18(24-2)16(12-15)13-25-19-7-4-3-6-17(19)20-21-10-5-11-22-20;2-1-3/h3-4,6-9,12H,5,10-11,13H2,1-2H3,(H,21,22);1H,(H,2,3). The number of carbonyl (C=O) groups excluding carboxylic acids is 1. The number of nitrogens with one attached hydrogen (secondary N) is 1. The molecule has 0 unspecified atom stereocenters. The summed E-state index contributed by atoms with van der Waals surface area (Å²) < 4.78 is 5.45. The fourth-order valence-corrected chi connectivity index (χ4v) is 3.80. The molecule has 2 aromatic rings. The third-order valence-electron chi connectivity index (χ3n) is 4.11. The number of ketones is 1. The van der Waals surface area contributed by atoms with Gasteiger partial charge in [0.2, 0.25) is 0 Å². The van der Waals surface area contributed by atoms with E-state index >= 15 is 0 Å². The molecule has 0 aliphatic carbocycles. The number of Topliss-reactive ketones (excluding diaryl/α,β-unsaturated/α-hetero) is 1. The van der Waals surface area contributed by atoms with Crippen LogP contribution in [0.25, 0.3) is 0 Å². The van der Waals surface area contributed by atoms with Crippen LogP contribution in [-0.4, -0.2) is 43.4 Å². The third kappa shape index (κ3) is 5.85. The second-order valence-corrected chi connectivity index (χ2v) is 7.00. The van der Waals surface area contributed by atoms with Gasteiger partial charge in [0.1, 0.15) is 11.6 Å². The van der Waals surface area contributed by atoms with E-state index in [0.717, 1.165) is 48.0 Å². The highest BCUT2D eigenvalue weighted by molar-refractivity contribution is 7.98. The van der Waals surface area contributed by atoms with Gasteiger partial charge in [-0.3, -0.25) is 14.6 Å². The van der Waals surface area contributed by atoms with Gasteiger partial charge in [-0.25, -0.2) is 0 Å². The number of benzene rings is 2. The van der Waals surface area contributed by atoms with Crippen molar-refractivity contribution in [2.75, 3.05) is 20.2 Å². The van der Waals surface area contributed by atoms with E-state index in [2.05, 4.69) is 22.4 Å². The largest absolute Gasteiger partial charge is 0.496 e. The van der Waals surface area contributed by atoms with Crippen LogP contribution in [0, 0.1) is 0 Å². The molecule has 1 aliphatic heterocycles. The van der Waals surface area contributed by atoms with Crippen LogP contribution in [0.2, 0.25) is 0 Å². The third-order valence-corrected chi connectivity index (χ3v) is 5.23. The van der Waals surface area contributed by atoms with Crippen LogP contribution >= 0.6 is 11.8 Å². The minimum Gasteiger partial charge on any atom is -0.496 e. The Bertz CT molecular complexity index is 852. The van der Waals surface area contributed by atoms with Gasteiger partial charge in [0.05, 0.1) is 7.11 Å². The number of ether oxygens (including phenoxy) is 1. The summed E-state index contributed by atoms with van der Waals surface area (Å²) in [6.07, 6.45) is 1.08. The minimum absolute atomic E-state index is 0.0649. The van der Waals surface area contributed by atoms with Crippen molar-refractivity contribution < 1.29 is 19.4 Å². The predicted octanol–water partition coefficient (Wildman–Crippen LogP) is 3.63. The van der Waals surface area contributed by atoms with Gasteiger partial charge in [-0.05, 0) is 37.6 Å². The number of hydrogen-bond donors (Lipinski definition) is 2. The molecule has 2 aromatic carbocycles. The number of amidine groups is 1. The second-order valence-electron chi connectivity index (χ2n) is 5.98. The first-order chi connectivity index (χ1) is 13.6. The summed E-state index contributed by atoms with van der Waals surface area (Å²) in [7, 11) is 1.66. The van der Waals surface area contributed by atoms with Crippen molar-refractivity contribution in [3.05, 3.63) is 59.2 Å². The molecule has 1 aliphatic rings. The average molecular weight is 401 g/mol. The highest BCUT2D eigenvalue weighted by Gasteiger charge is 2.13. The van der Waals surface area contributed by atoms with Crippen molar-refractivity contribution in [3.63, 3.8) is 0 Å². The van der Waals surface area contributed by atoms with Gasteiger partial charge in [0.25, 0.3) is 6.47 Å². The summed E-state index contributed by atoms with van der Waals surface area (Å²) in [5, 5.41) is 10.3. The molecule has 2 N–H and O–H groups in total. The van der Waals surface area contributed by atoms with Crippen molar-refractivity contribution in [3.8, 4) is 5.75 Å². The lowest BCUT2D eigenvalue weighted by molar-refractivity contribution is -0.122.